The van der Waals surface area contributed by atoms with Gasteiger partial charge in [-0.05, 0) is 51.2 Å². The van der Waals surface area contributed by atoms with Gasteiger partial charge >= 0.3 is 6.09 Å². The van der Waals surface area contributed by atoms with Gasteiger partial charge in [-0.1, -0.05) is 0 Å². The number of ether oxygens (including phenoxy) is 1. The largest absolute Gasteiger partial charge is 0.465 e. The molecule has 1 aromatic heterocycles. The lowest BCUT2D eigenvalue weighted by atomic mass is 10.00. The van der Waals surface area contributed by atoms with E-state index in [1.54, 1.807) is 0 Å². The van der Waals surface area contributed by atoms with Crippen molar-refractivity contribution in [2.75, 3.05) is 5.32 Å². The standard InChI is InChI=1S/C14H20N2O3/c1-14(2,3)16-7-9(6-12(16)15-13(17)18)8-4-10-11(5-8)19-10/h6-8,10-11,15H,4-5H2,1-3H3,(H,17,18)/t8-,10+,11-. The Morgan fingerprint density at radius 1 is 1.42 bits per heavy atom. The van der Waals surface area contributed by atoms with Crippen molar-refractivity contribution < 1.29 is 14.6 Å². The Morgan fingerprint density at radius 3 is 2.58 bits per heavy atom. The van der Waals surface area contributed by atoms with Gasteiger partial charge in [0.05, 0.1) is 12.2 Å². The van der Waals surface area contributed by atoms with E-state index in [0.29, 0.717) is 23.9 Å². The van der Waals surface area contributed by atoms with E-state index in [9.17, 15) is 4.79 Å². The van der Waals surface area contributed by atoms with Crippen molar-refractivity contribution in [3.63, 3.8) is 0 Å². The summed E-state index contributed by atoms with van der Waals surface area (Å²) in [6.45, 7) is 6.21. The summed E-state index contributed by atoms with van der Waals surface area (Å²) < 4.78 is 7.46. The summed E-state index contributed by atoms with van der Waals surface area (Å²) in [6, 6.07) is 1.97. The van der Waals surface area contributed by atoms with Crippen LogP contribution in [-0.4, -0.2) is 28.0 Å². The Hall–Kier alpha value is -1.49. The normalized spacial score (nSPS) is 29.1. The molecule has 1 aliphatic carbocycles. The van der Waals surface area contributed by atoms with Crippen molar-refractivity contribution in [2.45, 2.75) is 57.3 Å². The number of nitrogens with zero attached hydrogens (tertiary/aromatic N) is 1. The predicted octanol–water partition coefficient (Wildman–Crippen LogP) is 2.98. The molecular formula is C14H20N2O3. The number of fused-ring (bicyclic) bond motifs is 1. The van der Waals surface area contributed by atoms with Gasteiger partial charge in [0.25, 0.3) is 0 Å². The van der Waals surface area contributed by atoms with Crippen molar-refractivity contribution in [1.82, 2.24) is 4.57 Å². The molecule has 0 spiro atoms. The molecule has 3 rings (SSSR count). The van der Waals surface area contributed by atoms with E-state index in [4.69, 9.17) is 9.84 Å². The first kappa shape index (κ1) is 12.5. The van der Waals surface area contributed by atoms with E-state index in [0.717, 1.165) is 12.8 Å². The highest BCUT2D eigenvalue weighted by atomic mass is 16.6. The van der Waals surface area contributed by atoms with Crippen LogP contribution in [0.2, 0.25) is 0 Å². The van der Waals surface area contributed by atoms with Crippen molar-refractivity contribution in [3.8, 4) is 0 Å². The average molecular weight is 264 g/mol. The average Bonchev–Trinajstić information content (AvgIpc) is 2.74. The third kappa shape index (κ3) is 2.34. The van der Waals surface area contributed by atoms with Gasteiger partial charge in [0.15, 0.2) is 0 Å². The second kappa shape index (κ2) is 4.00. The molecule has 104 valence electrons. The van der Waals surface area contributed by atoms with Gasteiger partial charge in [-0.2, -0.15) is 0 Å². The predicted molar refractivity (Wildman–Crippen MR) is 71.7 cm³/mol. The highest BCUT2D eigenvalue weighted by Crippen LogP contribution is 2.47. The van der Waals surface area contributed by atoms with Crippen LogP contribution in [0.3, 0.4) is 0 Å². The molecule has 2 N–H and O–H groups in total. The van der Waals surface area contributed by atoms with Crippen LogP contribution in [-0.2, 0) is 10.3 Å². The lowest BCUT2D eigenvalue weighted by molar-refractivity contribution is 0.209. The molecule has 1 saturated heterocycles. The number of hydrogen-bond acceptors (Lipinski definition) is 2. The molecule has 3 atom stereocenters. The molecule has 2 heterocycles. The zero-order valence-corrected chi connectivity index (χ0v) is 11.5. The van der Waals surface area contributed by atoms with Crippen molar-refractivity contribution in [1.29, 1.82) is 0 Å². The first-order chi connectivity index (χ1) is 8.84. The minimum Gasteiger partial charge on any atom is -0.465 e. The summed E-state index contributed by atoms with van der Waals surface area (Å²) in [5.74, 6) is 1.15. The Labute approximate surface area is 112 Å². The van der Waals surface area contributed by atoms with Crippen LogP contribution in [0.4, 0.5) is 10.6 Å². The highest BCUT2D eigenvalue weighted by molar-refractivity contribution is 5.82. The van der Waals surface area contributed by atoms with Crippen LogP contribution in [0.25, 0.3) is 0 Å². The lowest BCUT2D eigenvalue weighted by Crippen LogP contribution is -2.24. The third-order valence-electron chi connectivity index (χ3n) is 3.99. The minimum atomic E-state index is -1.02. The number of anilines is 1. The molecule has 5 heteroatoms. The van der Waals surface area contributed by atoms with Crippen molar-refractivity contribution in [2.24, 2.45) is 0 Å². The fraction of sp³-hybridized carbons (Fsp3) is 0.643. The number of rotatable bonds is 2. The number of amides is 1. The van der Waals surface area contributed by atoms with Crippen LogP contribution in [0.15, 0.2) is 12.3 Å². The summed E-state index contributed by atoms with van der Waals surface area (Å²) in [7, 11) is 0. The summed E-state index contributed by atoms with van der Waals surface area (Å²) in [5, 5.41) is 11.4. The van der Waals surface area contributed by atoms with E-state index in [-0.39, 0.29) is 5.54 Å². The van der Waals surface area contributed by atoms with Crippen molar-refractivity contribution >= 4 is 11.9 Å². The van der Waals surface area contributed by atoms with E-state index in [1.807, 2.05) is 10.6 Å². The fourth-order valence-corrected chi connectivity index (χ4v) is 2.99. The molecule has 0 radical (unpaired) electrons. The SMILES string of the molecule is CC(C)(C)n1cc([C@@H]2C[C@@H]3O[C@@H]3C2)cc1NC(=O)O. The summed E-state index contributed by atoms with van der Waals surface area (Å²) in [6.07, 6.45) is 4.07. The number of carboxylic acid groups (broad SMARTS) is 1. The number of epoxide rings is 1. The maximum atomic E-state index is 10.9. The third-order valence-corrected chi connectivity index (χ3v) is 3.99. The van der Waals surface area contributed by atoms with Gasteiger partial charge in [0.1, 0.15) is 5.82 Å². The first-order valence-corrected chi connectivity index (χ1v) is 6.73. The van der Waals surface area contributed by atoms with Gasteiger partial charge in [0.2, 0.25) is 0 Å². The fourth-order valence-electron chi connectivity index (χ4n) is 2.99. The summed E-state index contributed by atoms with van der Waals surface area (Å²) in [4.78, 5) is 10.9. The lowest BCUT2D eigenvalue weighted by Gasteiger charge is -2.24. The number of hydrogen-bond donors (Lipinski definition) is 2. The Kier molecular flexibility index (Phi) is 2.64. The molecule has 19 heavy (non-hydrogen) atoms. The molecule has 0 unspecified atom stereocenters. The smallest absolute Gasteiger partial charge is 0.410 e. The molecular weight excluding hydrogens is 244 g/mol. The van der Waals surface area contributed by atoms with Gasteiger partial charge in [-0.25, -0.2) is 4.79 Å². The monoisotopic (exact) mass is 264 g/mol. The molecule has 1 aliphatic heterocycles. The van der Waals surface area contributed by atoms with Crippen LogP contribution in [0, 0.1) is 0 Å². The van der Waals surface area contributed by atoms with E-state index >= 15 is 0 Å². The molecule has 5 nitrogen and oxygen atoms in total. The van der Waals surface area contributed by atoms with Crippen LogP contribution >= 0.6 is 0 Å². The maximum absolute atomic E-state index is 10.9. The van der Waals surface area contributed by atoms with E-state index in [2.05, 4.69) is 32.3 Å². The number of carbonyl (C=O) groups is 1. The molecule has 0 bridgehead atoms. The second-order valence-corrected chi connectivity index (χ2v) is 6.51. The summed E-state index contributed by atoms with van der Waals surface area (Å²) >= 11 is 0. The van der Waals surface area contributed by atoms with Gasteiger partial charge in [0, 0.05) is 11.7 Å². The number of nitrogens with one attached hydrogen (secondary N) is 1. The molecule has 0 aromatic carbocycles. The zero-order valence-electron chi connectivity index (χ0n) is 11.5. The van der Waals surface area contributed by atoms with E-state index in [1.165, 1.54) is 5.56 Å². The van der Waals surface area contributed by atoms with Crippen LogP contribution in [0.5, 0.6) is 0 Å². The van der Waals surface area contributed by atoms with Crippen LogP contribution in [0.1, 0.15) is 45.1 Å². The minimum absolute atomic E-state index is 0.145. The van der Waals surface area contributed by atoms with Crippen LogP contribution < -0.4 is 5.32 Å². The molecule has 1 saturated carbocycles. The molecule has 2 aliphatic rings. The quantitative estimate of drug-likeness (QED) is 0.807. The van der Waals surface area contributed by atoms with Gasteiger partial charge in [-0.15, -0.1) is 0 Å². The Balaban J connectivity index is 1.89. The van der Waals surface area contributed by atoms with Gasteiger partial charge < -0.3 is 14.4 Å². The topological polar surface area (TPSA) is 66.8 Å². The summed E-state index contributed by atoms with van der Waals surface area (Å²) in [5.41, 5.74) is 1.07. The molecule has 1 aromatic rings. The first-order valence-electron chi connectivity index (χ1n) is 6.73. The maximum Gasteiger partial charge on any atom is 0.410 e. The van der Waals surface area contributed by atoms with Gasteiger partial charge in [-0.3, -0.25) is 5.32 Å². The second-order valence-electron chi connectivity index (χ2n) is 6.51. The molecule has 1 amide bonds. The van der Waals surface area contributed by atoms with E-state index < -0.39 is 6.09 Å². The Bertz CT molecular complexity index is 505. The molecule has 2 fully saturated rings. The van der Waals surface area contributed by atoms with Crippen molar-refractivity contribution in [3.05, 3.63) is 17.8 Å². The Morgan fingerprint density at radius 2 is 2.05 bits per heavy atom. The highest BCUT2D eigenvalue weighted by Gasteiger charge is 2.48. The zero-order chi connectivity index (χ0) is 13.8. The number of aromatic nitrogens is 1.